The molecule has 26 heavy (non-hydrogen) atoms. The normalized spacial score (nSPS) is 14.7. The standard InChI is InChI=1S/C22H26N2O2/c1-23(19-13-7-3-8-14-19)21(25)22(26)24(20-15-9-4-10-16-20)17-18-11-5-2-6-12-18/h2,4-6,9-12,15-16,19H,3,7-8,13-14,17H2,1H3. The van der Waals surface area contributed by atoms with Gasteiger partial charge in [-0.25, -0.2) is 0 Å². The van der Waals surface area contributed by atoms with Gasteiger partial charge in [0.1, 0.15) is 0 Å². The molecular formula is C22H26N2O2. The van der Waals surface area contributed by atoms with Crippen molar-refractivity contribution in [3.8, 4) is 0 Å². The van der Waals surface area contributed by atoms with Crippen molar-refractivity contribution in [3.05, 3.63) is 66.2 Å². The summed E-state index contributed by atoms with van der Waals surface area (Å²) in [7, 11) is 1.77. The average molecular weight is 350 g/mol. The molecule has 1 fully saturated rings. The predicted molar refractivity (Wildman–Crippen MR) is 104 cm³/mol. The van der Waals surface area contributed by atoms with Crippen molar-refractivity contribution in [2.24, 2.45) is 0 Å². The number of carbonyl (C=O) groups is 2. The zero-order valence-corrected chi connectivity index (χ0v) is 15.3. The number of likely N-dealkylation sites (N-methyl/N-ethyl adjacent to an activating group) is 1. The van der Waals surface area contributed by atoms with E-state index in [1.807, 2.05) is 60.7 Å². The number of rotatable bonds is 4. The van der Waals surface area contributed by atoms with Crippen LogP contribution >= 0.6 is 0 Å². The van der Waals surface area contributed by atoms with Crippen LogP contribution in [0.1, 0.15) is 37.7 Å². The van der Waals surface area contributed by atoms with E-state index in [1.54, 1.807) is 16.8 Å². The first-order valence-corrected chi connectivity index (χ1v) is 9.34. The van der Waals surface area contributed by atoms with Crippen LogP contribution in [0.25, 0.3) is 0 Å². The van der Waals surface area contributed by atoms with Crippen LogP contribution in [0, 0.1) is 0 Å². The van der Waals surface area contributed by atoms with Crippen molar-refractivity contribution in [1.82, 2.24) is 4.90 Å². The zero-order valence-electron chi connectivity index (χ0n) is 15.3. The smallest absolute Gasteiger partial charge is 0.316 e. The minimum absolute atomic E-state index is 0.176. The van der Waals surface area contributed by atoms with Crippen LogP contribution in [0.5, 0.6) is 0 Å². The molecule has 4 nitrogen and oxygen atoms in total. The van der Waals surface area contributed by atoms with Gasteiger partial charge in [-0.15, -0.1) is 0 Å². The largest absolute Gasteiger partial charge is 0.335 e. The topological polar surface area (TPSA) is 40.6 Å². The lowest BCUT2D eigenvalue weighted by Crippen LogP contribution is -2.48. The van der Waals surface area contributed by atoms with Crippen LogP contribution in [0.2, 0.25) is 0 Å². The van der Waals surface area contributed by atoms with Gasteiger partial charge in [-0.05, 0) is 30.5 Å². The molecule has 1 saturated carbocycles. The van der Waals surface area contributed by atoms with Crippen LogP contribution in [0.4, 0.5) is 5.69 Å². The molecule has 2 aromatic rings. The van der Waals surface area contributed by atoms with E-state index in [2.05, 4.69) is 0 Å². The van der Waals surface area contributed by atoms with Gasteiger partial charge in [-0.2, -0.15) is 0 Å². The first-order chi connectivity index (χ1) is 12.7. The van der Waals surface area contributed by atoms with Gasteiger partial charge in [0.05, 0.1) is 6.54 Å². The number of hydrogen-bond acceptors (Lipinski definition) is 2. The van der Waals surface area contributed by atoms with E-state index < -0.39 is 11.8 Å². The number of nitrogens with zero attached hydrogens (tertiary/aromatic N) is 2. The highest BCUT2D eigenvalue weighted by Gasteiger charge is 2.30. The minimum atomic E-state index is -0.465. The molecule has 0 spiro atoms. The Bertz CT molecular complexity index is 724. The molecule has 2 amide bonds. The summed E-state index contributed by atoms with van der Waals surface area (Å²) < 4.78 is 0. The molecule has 2 aromatic carbocycles. The molecule has 1 aliphatic carbocycles. The Balaban J connectivity index is 1.81. The van der Waals surface area contributed by atoms with E-state index in [0.717, 1.165) is 36.9 Å². The van der Waals surface area contributed by atoms with Gasteiger partial charge in [0.2, 0.25) is 0 Å². The molecule has 0 atom stereocenters. The molecule has 0 aliphatic heterocycles. The monoisotopic (exact) mass is 350 g/mol. The highest BCUT2D eigenvalue weighted by atomic mass is 16.2. The van der Waals surface area contributed by atoms with E-state index in [9.17, 15) is 9.59 Å². The lowest BCUT2D eigenvalue weighted by Gasteiger charge is -2.32. The fourth-order valence-electron chi connectivity index (χ4n) is 3.55. The summed E-state index contributed by atoms with van der Waals surface area (Å²) in [4.78, 5) is 29.2. The second kappa shape index (κ2) is 8.65. The maximum Gasteiger partial charge on any atom is 0.316 e. The first kappa shape index (κ1) is 18.2. The Hall–Kier alpha value is -2.62. The summed E-state index contributed by atoms with van der Waals surface area (Å²) in [6.45, 7) is 0.383. The summed E-state index contributed by atoms with van der Waals surface area (Å²) in [6.07, 6.45) is 5.45. The molecule has 0 aromatic heterocycles. The molecule has 3 rings (SSSR count). The summed E-state index contributed by atoms with van der Waals surface area (Å²) in [5.41, 5.74) is 1.74. The number of anilines is 1. The van der Waals surface area contributed by atoms with Gasteiger partial charge in [0.25, 0.3) is 0 Å². The van der Waals surface area contributed by atoms with E-state index >= 15 is 0 Å². The van der Waals surface area contributed by atoms with Crippen LogP contribution in [-0.2, 0) is 16.1 Å². The van der Waals surface area contributed by atoms with E-state index in [0.29, 0.717) is 6.54 Å². The number of para-hydroxylation sites is 1. The van der Waals surface area contributed by atoms with Gasteiger partial charge in [-0.1, -0.05) is 67.8 Å². The molecule has 136 valence electrons. The lowest BCUT2D eigenvalue weighted by atomic mass is 9.94. The third kappa shape index (κ3) is 4.31. The molecule has 0 bridgehead atoms. The van der Waals surface area contributed by atoms with Crippen LogP contribution in [0.3, 0.4) is 0 Å². The summed E-state index contributed by atoms with van der Waals surface area (Å²) in [5, 5.41) is 0. The maximum atomic E-state index is 13.1. The number of carbonyl (C=O) groups excluding carboxylic acids is 2. The van der Waals surface area contributed by atoms with Crippen LogP contribution in [-0.4, -0.2) is 29.8 Å². The van der Waals surface area contributed by atoms with Gasteiger partial charge in [0, 0.05) is 18.8 Å². The van der Waals surface area contributed by atoms with Gasteiger partial charge < -0.3 is 4.90 Å². The van der Waals surface area contributed by atoms with Crippen molar-refractivity contribution in [3.63, 3.8) is 0 Å². The second-order valence-electron chi connectivity index (χ2n) is 6.92. The van der Waals surface area contributed by atoms with Crippen molar-refractivity contribution in [2.75, 3.05) is 11.9 Å². The van der Waals surface area contributed by atoms with Crippen molar-refractivity contribution < 1.29 is 9.59 Å². The van der Waals surface area contributed by atoms with Gasteiger partial charge in [0.15, 0.2) is 0 Å². The Labute approximate surface area is 155 Å². The molecule has 1 aliphatic rings. The van der Waals surface area contributed by atoms with Crippen molar-refractivity contribution in [1.29, 1.82) is 0 Å². The Kier molecular flexibility index (Phi) is 6.05. The second-order valence-corrected chi connectivity index (χ2v) is 6.92. The summed E-state index contributed by atoms with van der Waals surface area (Å²) in [6, 6.07) is 19.4. The van der Waals surface area contributed by atoms with E-state index in [4.69, 9.17) is 0 Å². The van der Waals surface area contributed by atoms with Gasteiger partial charge >= 0.3 is 11.8 Å². The quantitative estimate of drug-likeness (QED) is 0.782. The highest BCUT2D eigenvalue weighted by molar-refractivity contribution is 6.40. The highest BCUT2D eigenvalue weighted by Crippen LogP contribution is 2.23. The number of hydrogen-bond donors (Lipinski definition) is 0. The van der Waals surface area contributed by atoms with Crippen LogP contribution < -0.4 is 4.90 Å². The van der Waals surface area contributed by atoms with Crippen LogP contribution in [0.15, 0.2) is 60.7 Å². The molecule has 0 radical (unpaired) electrons. The van der Waals surface area contributed by atoms with Crippen molar-refractivity contribution >= 4 is 17.5 Å². The third-order valence-electron chi connectivity index (χ3n) is 5.12. The lowest BCUT2D eigenvalue weighted by molar-refractivity contribution is -0.145. The summed E-state index contributed by atoms with van der Waals surface area (Å²) >= 11 is 0. The molecule has 0 unspecified atom stereocenters. The van der Waals surface area contributed by atoms with E-state index in [1.165, 1.54) is 6.42 Å². The predicted octanol–water partition coefficient (Wildman–Crippen LogP) is 4.01. The minimum Gasteiger partial charge on any atom is -0.335 e. The van der Waals surface area contributed by atoms with E-state index in [-0.39, 0.29) is 6.04 Å². The Morgan fingerprint density at radius 3 is 2.04 bits per heavy atom. The molecule has 0 heterocycles. The average Bonchev–Trinajstić information content (AvgIpc) is 2.72. The number of benzene rings is 2. The summed E-state index contributed by atoms with van der Waals surface area (Å²) in [5.74, 6) is -0.884. The molecule has 0 N–H and O–H groups in total. The fraction of sp³-hybridized carbons (Fsp3) is 0.364. The maximum absolute atomic E-state index is 13.1. The van der Waals surface area contributed by atoms with Crippen molar-refractivity contribution in [2.45, 2.75) is 44.7 Å². The zero-order chi connectivity index (χ0) is 18.4. The third-order valence-corrected chi connectivity index (χ3v) is 5.12. The number of amides is 2. The first-order valence-electron chi connectivity index (χ1n) is 9.34. The molecule has 0 saturated heterocycles. The Morgan fingerprint density at radius 2 is 1.42 bits per heavy atom. The fourth-order valence-corrected chi connectivity index (χ4v) is 3.55. The molecule has 4 heteroatoms. The SMILES string of the molecule is CN(C(=O)C(=O)N(Cc1ccccc1)c1ccccc1)C1CCCCC1. The Morgan fingerprint density at radius 1 is 0.846 bits per heavy atom. The van der Waals surface area contributed by atoms with Gasteiger partial charge in [-0.3, -0.25) is 14.5 Å². The molecular weight excluding hydrogens is 324 g/mol.